The fourth-order valence-electron chi connectivity index (χ4n) is 1.14. The Morgan fingerprint density at radius 1 is 1.31 bits per heavy atom. The lowest BCUT2D eigenvalue weighted by atomic mass is 10.1. The quantitative estimate of drug-likeness (QED) is 0.798. The Bertz CT molecular complexity index is 373. The third-order valence-electron chi connectivity index (χ3n) is 1.95. The fraction of sp³-hybridized carbons (Fsp3) is 0.273. The monoisotopic (exact) mass is 222 g/mol. The van der Waals surface area contributed by atoms with Crippen LogP contribution in [0, 0.1) is 0 Å². The molecular weight excluding hydrogens is 208 g/mol. The standard InChI is InChI=1S/C11H14N2O3/c1-2-16-11(15)13-7-8-3-5-9(6-4-8)10(12)14/h3-6H,2,7H2,1H3,(H2,12,14)(H,13,15). The van der Waals surface area contributed by atoms with E-state index in [-0.39, 0.29) is 0 Å². The number of rotatable bonds is 4. The zero-order valence-electron chi connectivity index (χ0n) is 9.03. The Morgan fingerprint density at radius 2 is 1.94 bits per heavy atom. The predicted octanol–water partition coefficient (Wildman–Crippen LogP) is 1.03. The Balaban J connectivity index is 2.49. The Labute approximate surface area is 93.6 Å². The highest BCUT2D eigenvalue weighted by Gasteiger charge is 2.02. The number of primary amides is 1. The van der Waals surface area contributed by atoms with Gasteiger partial charge < -0.3 is 15.8 Å². The molecule has 0 aliphatic rings. The molecule has 0 aliphatic carbocycles. The largest absolute Gasteiger partial charge is 0.450 e. The molecule has 0 saturated heterocycles. The molecule has 86 valence electrons. The number of hydrogen-bond donors (Lipinski definition) is 2. The smallest absolute Gasteiger partial charge is 0.407 e. The van der Waals surface area contributed by atoms with Crippen LogP contribution in [-0.2, 0) is 11.3 Å². The molecule has 0 aromatic heterocycles. The maximum Gasteiger partial charge on any atom is 0.407 e. The van der Waals surface area contributed by atoms with E-state index in [2.05, 4.69) is 5.32 Å². The number of benzene rings is 1. The summed E-state index contributed by atoms with van der Waals surface area (Å²) in [6, 6.07) is 6.69. The summed E-state index contributed by atoms with van der Waals surface area (Å²) in [5.74, 6) is -0.468. The second kappa shape index (κ2) is 5.75. The van der Waals surface area contributed by atoms with Gasteiger partial charge in [0.15, 0.2) is 0 Å². The van der Waals surface area contributed by atoms with Gasteiger partial charge in [-0.2, -0.15) is 0 Å². The molecule has 5 nitrogen and oxygen atoms in total. The summed E-state index contributed by atoms with van der Waals surface area (Å²) in [5, 5.41) is 2.57. The van der Waals surface area contributed by atoms with Gasteiger partial charge in [0.05, 0.1) is 6.61 Å². The first-order valence-corrected chi connectivity index (χ1v) is 4.93. The van der Waals surface area contributed by atoms with Gasteiger partial charge in [-0.3, -0.25) is 4.79 Å². The van der Waals surface area contributed by atoms with Crippen molar-refractivity contribution in [2.45, 2.75) is 13.5 Å². The van der Waals surface area contributed by atoms with Crippen molar-refractivity contribution in [1.82, 2.24) is 5.32 Å². The summed E-state index contributed by atoms with van der Waals surface area (Å²) >= 11 is 0. The van der Waals surface area contributed by atoms with E-state index in [4.69, 9.17) is 10.5 Å². The van der Waals surface area contributed by atoms with Crippen LogP contribution in [0.1, 0.15) is 22.8 Å². The molecule has 5 heteroatoms. The summed E-state index contributed by atoms with van der Waals surface area (Å²) in [5.41, 5.74) is 6.41. The van der Waals surface area contributed by atoms with Crippen molar-refractivity contribution < 1.29 is 14.3 Å². The molecule has 0 unspecified atom stereocenters. The van der Waals surface area contributed by atoms with Crippen LogP contribution in [0.25, 0.3) is 0 Å². The maximum atomic E-state index is 11.0. The van der Waals surface area contributed by atoms with Gasteiger partial charge in [-0.15, -0.1) is 0 Å². The first-order chi connectivity index (χ1) is 7.63. The summed E-state index contributed by atoms with van der Waals surface area (Å²) < 4.78 is 4.70. The van der Waals surface area contributed by atoms with Crippen molar-refractivity contribution >= 4 is 12.0 Å². The number of alkyl carbamates (subject to hydrolysis) is 1. The minimum Gasteiger partial charge on any atom is -0.450 e. The third kappa shape index (κ3) is 3.61. The van der Waals surface area contributed by atoms with Gasteiger partial charge in [-0.25, -0.2) is 4.79 Å². The lowest BCUT2D eigenvalue weighted by Crippen LogP contribution is -2.23. The first-order valence-electron chi connectivity index (χ1n) is 4.93. The molecule has 0 radical (unpaired) electrons. The molecule has 1 aromatic rings. The molecule has 0 spiro atoms. The van der Waals surface area contributed by atoms with Crippen molar-refractivity contribution in [2.75, 3.05) is 6.61 Å². The van der Waals surface area contributed by atoms with Crippen molar-refractivity contribution in [3.8, 4) is 0 Å². The van der Waals surface area contributed by atoms with E-state index in [9.17, 15) is 9.59 Å². The molecule has 1 rings (SSSR count). The normalized spacial score (nSPS) is 9.56. The van der Waals surface area contributed by atoms with E-state index in [0.29, 0.717) is 18.7 Å². The van der Waals surface area contributed by atoms with E-state index < -0.39 is 12.0 Å². The Morgan fingerprint density at radius 3 is 2.44 bits per heavy atom. The molecule has 2 amide bonds. The Kier molecular flexibility index (Phi) is 4.32. The van der Waals surface area contributed by atoms with Crippen molar-refractivity contribution in [1.29, 1.82) is 0 Å². The zero-order valence-corrected chi connectivity index (χ0v) is 9.03. The SMILES string of the molecule is CCOC(=O)NCc1ccc(C(N)=O)cc1. The van der Waals surface area contributed by atoms with Gasteiger partial charge in [-0.05, 0) is 24.6 Å². The fourth-order valence-corrected chi connectivity index (χ4v) is 1.14. The van der Waals surface area contributed by atoms with Crippen LogP contribution in [0.2, 0.25) is 0 Å². The lowest BCUT2D eigenvalue weighted by Gasteiger charge is -2.05. The van der Waals surface area contributed by atoms with E-state index >= 15 is 0 Å². The summed E-state index contributed by atoms with van der Waals surface area (Å²) in [6.45, 7) is 2.44. The lowest BCUT2D eigenvalue weighted by molar-refractivity contribution is 0.1000. The maximum absolute atomic E-state index is 11.0. The van der Waals surface area contributed by atoms with Crippen molar-refractivity contribution in [3.63, 3.8) is 0 Å². The van der Waals surface area contributed by atoms with Crippen LogP contribution >= 0.6 is 0 Å². The van der Waals surface area contributed by atoms with E-state index in [1.54, 1.807) is 31.2 Å². The molecule has 0 fully saturated rings. The molecule has 3 N–H and O–H groups in total. The van der Waals surface area contributed by atoms with Gasteiger partial charge >= 0.3 is 6.09 Å². The van der Waals surface area contributed by atoms with Gasteiger partial charge in [0.2, 0.25) is 5.91 Å². The minimum absolute atomic E-state index is 0.340. The van der Waals surface area contributed by atoms with Crippen molar-refractivity contribution in [2.24, 2.45) is 5.73 Å². The number of carbonyl (C=O) groups excluding carboxylic acids is 2. The summed E-state index contributed by atoms with van der Waals surface area (Å²) in [7, 11) is 0. The predicted molar refractivity (Wildman–Crippen MR) is 58.8 cm³/mol. The highest BCUT2D eigenvalue weighted by molar-refractivity contribution is 5.92. The molecule has 0 bridgehead atoms. The highest BCUT2D eigenvalue weighted by Crippen LogP contribution is 2.03. The summed E-state index contributed by atoms with van der Waals surface area (Å²) in [6.07, 6.45) is -0.457. The molecule has 0 saturated carbocycles. The number of nitrogens with one attached hydrogen (secondary N) is 1. The number of hydrogen-bond acceptors (Lipinski definition) is 3. The molecule has 0 aliphatic heterocycles. The highest BCUT2D eigenvalue weighted by atomic mass is 16.5. The Hall–Kier alpha value is -2.04. The van der Waals surface area contributed by atoms with E-state index in [1.807, 2.05) is 0 Å². The number of nitrogens with two attached hydrogens (primary N) is 1. The van der Waals surface area contributed by atoms with Gasteiger partial charge in [0, 0.05) is 12.1 Å². The van der Waals surface area contributed by atoms with E-state index in [0.717, 1.165) is 5.56 Å². The zero-order chi connectivity index (χ0) is 12.0. The van der Waals surface area contributed by atoms with Crippen LogP contribution in [0.3, 0.4) is 0 Å². The number of amides is 2. The van der Waals surface area contributed by atoms with Gasteiger partial charge in [0.25, 0.3) is 0 Å². The van der Waals surface area contributed by atoms with Gasteiger partial charge in [-0.1, -0.05) is 12.1 Å². The molecule has 0 atom stereocenters. The topological polar surface area (TPSA) is 81.4 Å². The molecule has 0 heterocycles. The van der Waals surface area contributed by atoms with Crippen LogP contribution in [0.15, 0.2) is 24.3 Å². The van der Waals surface area contributed by atoms with Crippen LogP contribution in [0.4, 0.5) is 4.79 Å². The minimum atomic E-state index is -0.468. The van der Waals surface area contributed by atoms with Gasteiger partial charge in [0.1, 0.15) is 0 Å². The molecule has 16 heavy (non-hydrogen) atoms. The molecule has 1 aromatic carbocycles. The van der Waals surface area contributed by atoms with Crippen molar-refractivity contribution in [3.05, 3.63) is 35.4 Å². The molecular formula is C11H14N2O3. The van der Waals surface area contributed by atoms with E-state index in [1.165, 1.54) is 0 Å². The average molecular weight is 222 g/mol. The second-order valence-electron chi connectivity index (χ2n) is 3.14. The summed E-state index contributed by atoms with van der Waals surface area (Å²) in [4.78, 5) is 21.8. The third-order valence-corrected chi connectivity index (χ3v) is 1.95. The van der Waals surface area contributed by atoms with Crippen LogP contribution < -0.4 is 11.1 Å². The average Bonchev–Trinajstić information content (AvgIpc) is 2.27. The number of carbonyl (C=O) groups is 2. The van der Waals surface area contributed by atoms with Crippen LogP contribution in [0.5, 0.6) is 0 Å². The first kappa shape index (κ1) is 12.0. The van der Waals surface area contributed by atoms with Crippen LogP contribution in [-0.4, -0.2) is 18.6 Å². The second-order valence-corrected chi connectivity index (χ2v) is 3.14. The number of ether oxygens (including phenoxy) is 1.